The van der Waals surface area contributed by atoms with Crippen LogP contribution < -0.4 is 19.8 Å². The monoisotopic (exact) mass is 355 g/mol. The number of methoxy groups -OCH3 is 2. The summed E-state index contributed by atoms with van der Waals surface area (Å²) in [6, 6.07) is 4.39. The van der Waals surface area contributed by atoms with E-state index in [1.165, 1.54) is 11.1 Å². The molecule has 7 heteroatoms. The minimum atomic E-state index is -0.289. The van der Waals surface area contributed by atoms with Crippen molar-refractivity contribution in [3.8, 4) is 22.9 Å². The van der Waals surface area contributed by atoms with Crippen molar-refractivity contribution >= 4 is 6.02 Å². The van der Waals surface area contributed by atoms with Crippen molar-refractivity contribution in [1.29, 1.82) is 0 Å². The standard InChI is InChI=1S/C19H23N4O3/c1-23-15(9-21-10-17(23)25-3)12-4-5-16(24-2)13-6-7-19(8-14(12)13)11-26-18(20)22-19/h4-5,9-10H,6-8,11H2,1-3H3,(H2,20,22)/q+1. The van der Waals surface area contributed by atoms with Crippen molar-refractivity contribution in [1.82, 2.24) is 4.98 Å². The molecule has 0 fully saturated rings. The maximum atomic E-state index is 5.80. The lowest BCUT2D eigenvalue weighted by atomic mass is 9.76. The van der Waals surface area contributed by atoms with Crippen LogP contribution in [-0.4, -0.2) is 37.4 Å². The quantitative estimate of drug-likeness (QED) is 0.836. The summed E-state index contributed by atoms with van der Waals surface area (Å²) in [5.74, 6) is 1.61. The average molecular weight is 355 g/mol. The second-order valence-corrected chi connectivity index (χ2v) is 6.81. The van der Waals surface area contributed by atoms with Gasteiger partial charge in [-0.25, -0.2) is 9.98 Å². The Balaban J connectivity index is 1.88. The third-order valence-corrected chi connectivity index (χ3v) is 5.35. The first kappa shape index (κ1) is 16.6. The molecule has 0 bridgehead atoms. The molecule has 0 amide bonds. The predicted molar refractivity (Wildman–Crippen MR) is 96.3 cm³/mol. The molecule has 0 saturated carbocycles. The topological polar surface area (TPSA) is 82.8 Å². The van der Waals surface area contributed by atoms with E-state index in [-0.39, 0.29) is 11.6 Å². The predicted octanol–water partition coefficient (Wildman–Crippen LogP) is 1.16. The van der Waals surface area contributed by atoms with Gasteiger partial charge in [0.25, 0.3) is 6.02 Å². The second-order valence-electron chi connectivity index (χ2n) is 6.81. The number of aromatic nitrogens is 2. The van der Waals surface area contributed by atoms with Gasteiger partial charge in [-0.05, 0) is 36.1 Å². The van der Waals surface area contributed by atoms with E-state index in [0.717, 1.165) is 36.3 Å². The number of rotatable bonds is 3. The average Bonchev–Trinajstić information content (AvgIpc) is 3.01. The van der Waals surface area contributed by atoms with E-state index in [2.05, 4.69) is 16.0 Å². The van der Waals surface area contributed by atoms with Crippen LogP contribution in [0.1, 0.15) is 17.5 Å². The summed E-state index contributed by atoms with van der Waals surface area (Å²) in [7, 11) is 5.33. The molecule has 1 spiro atoms. The van der Waals surface area contributed by atoms with Gasteiger partial charge in [-0.2, -0.15) is 4.57 Å². The molecular formula is C19H23N4O3+. The second kappa shape index (κ2) is 6.16. The molecule has 1 aromatic heterocycles. The van der Waals surface area contributed by atoms with E-state index in [1.54, 1.807) is 20.4 Å². The molecule has 1 aliphatic heterocycles. The zero-order valence-electron chi connectivity index (χ0n) is 15.3. The highest BCUT2D eigenvalue weighted by Gasteiger charge is 2.41. The number of benzene rings is 1. The lowest BCUT2D eigenvalue weighted by Gasteiger charge is -2.32. The number of nitrogens with two attached hydrogens (primary N) is 1. The first-order valence-corrected chi connectivity index (χ1v) is 8.62. The Morgan fingerprint density at radius 3 is 2.73 bits per heavy atom. The molecule has 1 unspecified atom stereocenters. The third kappa shape index (κ3) is 2.55. The normalized spacial score (nSPS) is 21.1. The molecule has 1 atom stereocenters. The largest absolute Gasteiger partial charge is 0.496 e. The van der Waals surface area contributed by atoms with Crippen molar-refractivity contribution in [2.75, 3.05) is 20.8 Å². The van der Waals surface area contributed by atoms with Crippen LogP contribution in [0.15, 0.2) is 29.5 Å². The zero-order chi connectivity index (χ0) is 18.3. The Morgan fingerprint density at radius 1 is 1.19 bits per heavy atom. The fourth-order valence-electron chi connectivity index (χ4n) is 3.98. The smallest absolute Gasteiger partial charge is 0.386 e. The summed E-state index contributed by atoms with van der Waals surface area (Å²) in [4.78, 5) is 8.94. The molecular weight excluding hydrogens is 332 g/mol. The highest BCUT2D eigenvalue weighted by atomic mass is 16.5. The summed E-state index contributed by atoms with van der Waals surface area (Å²) >= 11 is 0. The van der Waals surface area contributed by atoms with Gasteiger partial charge in [0, 0.05) is 6.42 Å². The van der Waals surface area contributed by atoms with E-state index >= 15 is 0 Å². The van der Waals surface area contributed by atoms with Crippen molar-refractivity contribution < 1.29 is 18.8 Å². The molecule has 1 aliphatic carbocycles. The Hall–Kier alpha value is -2.83. The summed E-state index contributed by atoms with van der Waals surface area (Å²) < 4.78 is 18.5. The van der Waals surface area contributed by atoms with Crippen LogP contribution in [0, 0.1) is 0 Å². The molecule has 2 heterocycles. The van der Waals surface area contributed by atoms with Gasteiger partial charge >= 0.3 is 5.88 Å². The maximum absolute atomic E-state index is 5.80. The summed E-state index contributed by atoms with van der Waals surface area (Å²) in [5, 5.41) is 0. The van der Waals surface area contributed by atoms with Crippen LogP contribution in [0.5, 0.6) is 11.6 Å². The van der Waals surface area contributed by atoms with Crippen LogP contribution >= 0.6 is 0 Å². The highest BCUT2D eigenvalue weighted by molar-refractivity contribution is 5.74. The first-order chi connectivity index (χ1) is 12.6. The summed E-state index contributed by atoms with van der Waals surface area (Å²) in [6.07, 6.45) is 6.08. The number of aliphatic imine (C=N–C) groups is 1. The molecule has 136 valence electrons. The Kier molecular flexibility index (Phi) is 3.94. The first-order valence-electron chi connectivity index (χ1n) is 8.62. The zero-order valence-corrected chi connectivity index (χ0v) is 15.3. The fourth-order valence-corrected chi connectivity index (χ4v) is 3.98. The van der Waals surface area contributed by atoms with E-state index in [1.807, 2.05) is 23.9 Å². The Bertz CT molecular complexity index is 897. The van der Waals surface area contributed by atoms with Gasteiger partial charge in [0.15, 0.2) is 0 Å². The van der Waals surface area contributed by atoms with E-state index < -0.39 is 0 Å². The van der Waals surface area contributed by atoms with Crippen LogP contribution in [0.2, 0.25) is 0 Å². The number of ether oxygens (including phenoxy) is 3. The number of fused-ring (bicyclic) bond motifs is 1. The molecule has 2 aromatic rings. The van der Waals surface area contributed by atoms with Crippen LogP contribution in [0.3, 0.4) is 0 Å². The van der Waals surface area contributed by atoms with Crippen LogP contribution in [0.25, 0.3) is 11.3 Å². The fraction of sp³-hybridized carbons (Fsp3) is 0.421. The highest BCUT2D eigenvalue weighted by Crippen LogP contribution is 2.42. The van der Waals surface area contributed by atoms with Crippen molar-refractivity contribution in [3.63, 3.8) is 0 Å². The van der Waals surface area contributed by atoms with Gasteiger partial charge in [-0.15, -0.1) is 0 Å². The Labute approximate surface area is 152 Å². The molecule has 7 nitrogen and oxygen atoms in total. The van der Waals surface area contributed by atoms with E-state index in [9.17, 15) is 0 Å². The van der Waals surface area contributed by atoms with Crippen molar-refractivity contribution in [2.45, 2.75) is 24.8 Å². The number of amidine groups is 1. The van der Waals surface area contributed by atoms with E-state index in [4.69, 9.17) is 19.9 Å². The maximum Gasteiger partial charge on any atom is 0.386 e. The lowest BCUT2D eigenvalue weighted by molar-refractivity contribution is -0.666. The Morgan fingerprint density at radius 2 is 2.04 bits per heavy atom. The molecule has 2 N–H and O–H groups in total. The number of hydrogen-bond donors (Lipinski definition) is 1. The SMILES string of the molecule is COc1ccc(-c2cncc(OC)[n+]2C)c2c1CCC1(COC(N)=N1)C2. The lowest BCUT2D eigenvalue weighted by Crippen LogP contribution is -2.37. The third-order valence-electron chi connectivity index (χ3n) is 5.35. The summed E-state index contributed by atoms with van der Waals surface area (Å²) in [6.45, 7) is 0.525. The van der Waals surface area contributed by atoms with Gasteiger partial charge in [0.05, 0.1) is 26.0 Å². The molecule has 0 radical (unpaired) electrons. The van der Waals surface area contributed by atoms with Gasteiger partial charge in [0.2, 0.25) is 5.69 Å². The molecule has 0 saturated heterocycles. The van der Waals surface area contributed by atoms with Crippen LogP contribution in [0.4, 0.5) is 0 Å². The number of hydrogen-bond acceptors (Lipinski definition) is 6. The minimum absolute atomic E-state index is 0.284. The molecule has 26 heavy (non-hydrogen) atoms. The van der Waals surface area contributed by atoms with Crippen molar-refractivity contribution in [2.24, 2.45) is 17.8 Å². The van der Waals surface area contributed by atoms with Gasteiger partial charge in [0.1, 0.15) is 31.1 Å². The minimum Gasteiger partial charge on any atom is -0.496 e. The molecule has 1 aromatic carbocycles. The molecule has 2 aliphatic rings. The van der Waals surface area contributed by atoms with Crippen molar-refractivity contribution in [3.05, 3.63) is 35.7 Å². The van der Waals surface area contributed by atoms with Gasteiger partial charge in [-0.3, -0.25) is 0 Å². The van der Waals surface area contributed by atoms with E-state index in [0.29, 0.717) is 12.5 Å². The number of nitrogens with zero attached hydrogens (tertiary/aromatic N) is 3. The molecule has 4 rings (SSSR count). The van der Waals surface area contributed by atoms with Crippen LogP contribution in [-0.2, 0) is 24.6 Å². The van der Waals surface area contributed by atoms with Gasteiger partial charge < -0.3 is 19.9 Å². The summed E-state index contributed by atoms with van der Waals surface area (Å²) in [5.41, 5.74) is 10.0. The van der Waals surface area contributed by atoms with Gasteiger partial charge in [-0.1, -0.05) is 0 Å².